The van der Waals surface area contributed by atoms with E-state index < -0.39 is 0 Å². The van der Waals surface area contributed by atoms with Crippen molar-refractivity contribution >= 4 is 0 Å². The molecule has 9 heavy (non-hydrogen) atoms. The van der Waals surface area contributed by atoms with Crippen LogP contribution >= 0.6 is 0 Å². The first kappa shape index (κ1) is 8.24. The minimum Gasteiger partial charge on any atom is -0.390 e. The maximum Gasteiger partial charge on any atom is 0.0328 e. The first-order chi connectivity index (χ1) is 4.35. The molecule has 0 radical (unpaired) electrons. The van der Waals surface area contributed by atoms with Crippen LogP contribution in [0.5, 0.6) is 0 Å². The molecule has 0 saturated carbocycles. The van der Waals surface area contributed by atoms with Crippen LogP contribution in [-0.4, -0.2) is 13.6 Å². The predicted octanol–water partition coefficient (Wildman–Crippen LogP) is 0.625. The Kier molecular flexibility index (Phi) is 4.92. The molecule has 0 aromatic rings. The molecule has 0 bridgehead atoms. The smallest absolute Gasteiger partial charge is 0.0328 e. The molecule has 0 aliphatic rings. The van der Waals surface area contributed by atoms with E-state index in [4.69, 9.17) is 5.73 Å². The van der Waals surface area contributed by atoms with Crippen molar-refractivity contribution in [3.63, 3.8) is 0 Å². The van der Waals surface area contributed by atoms with Crippen molar-refractivity contribution in [3.8, 4) is 0 Å². The molecule has 0 heterocycles. The van der Waals surface area contributed by atoms with Gasteiger partial charge < -0.3 is 11.1 Å². The summed E-state index contributed by atoms with van der Waals surface area (Å²) in [7, 11) is 1.86. The average molecular weight is 126 g/mol. The van der Waals surface area contributed by atoms with E-state index in [-0.39, 0.29) is 0 Å². The third-order valence-corrected chi connectivity index (χ3v) is 1.03. The van der Waals surface area contributed by atoms with E-state index in [0.29, 0.717) is 6.54 Å². The normalized spacial score (nSPS) is 12.6. The zero-order chi connectivity index (χ0) is 7.11. The van der Waals surface area contributed by atoms with Crippen LogP contribution in [0, 0.1) is 0 Å². The van der Waals surface area contributed by atoms with Gasteiger partial charge in [0, 0.05) is 19.3 Å². The van der Waals surface area contributed by atoms with Crippen molar-refractivity contribution in [1.29, 1.82) is 0 Å². The van der Waals surface area contributed by atoms with Crippen LogP contribution in [0.4, 0.5) is 0 Å². The predicted molar refractivity (Wildman–Crippen MR) is 41.0 cm³/mol. The Balaban J connectivity index is 3.75. The molecular weight excluding hydrogens is 112 g/mol. The summed E-state index contributed by atoms with van der Waals surface area (Å²) in [5.41, 5.74) is 6.41. The first-order valence-corrected chi connectivity index (χ1v) is 3.04. The van der Waals surface area contributed by atoms with Crippen LogP contribution in [0.25, 0.3) is 0 Å². The van der Waals surface area contributed by atoms with Crippen LogP contribution < -0.4 is 11.1 Å². The monoisotopic (exact) mass is 126 g/mol. The topological polar surface area (TPSA) is 38.0 Å². The molecule has 0 amide bonds. The minimum absolute atomic E-state index is 0.570. The number of hydrogen-bond donors (Lipinski definition) is 2. The van der Waals surface area contributed by atoms with Crippen LogP contribution in [0.3, 0.4) is 0 Å². The van der Waals surface area contributed by atoms with Gasteiger partial charge >= 0.3 is 0 Å². The maximum atomic E-state index is 5.36. The fraction of sp³-hybridized carbons (Fsp3) is 0.429. The Morgan fingerprint density at radius 1 is 1.67 bits per heavy atom. The quantitative estimate of drug-likeness (QED) is 0.544. The summed E-state index contributed by atoms with van der Waals surface area (Å²) in [5, 5.41) is 2.97. The molecule has 0 unspecified atom stereocenters. The zero-order valence-corrected chi connectivity index (χ0v) is 6.02. The van der Waals surface area contributed by atoms with Crippen molar-refractivity contribution in [2.24, 2.45) is 5.73 Å². The fourth-order valence-electron chi connectivity index (χ4n) is 0.466. The summed E-state index contributed by atoms with van der Waals surface area (Å²) < 4.78 is 0. The Morgan fingerprint density at radius 2 is 2.33 bits per heavy atom. The van der Waals surface area contributed by atoms with Gasteiger partial charge in [-0.15, -0.1) is 0 Å². The summed E-state index contributed by atoms with van der Waals surface area (Å²) in [6, 6.07) is 0. The number of allylic oxidation sites excluding steroid dienone is 3. The largest absolute Gasteiger partial charge is 0.390 e. The van der Waals surface area contributed by atoms with E-state index in [2.05, 4.69) is 5.32 Å². The summed E-state index contributed by atoms with van der Waals surface area (Å²) in [6.45, 7) is 2.54. The highest BCUT2D eigenvalue weighted by molar-refractivity contribution is 5.10. The lowest BCUT2D eigenvalue weighted by Crippen LogP contribution is -2.15. The molecule has 52 valence electrons. The van der Waals surface area contributed by atoms with Gasteiger partial charge in [0.15, 0.2) is 0 Å². The second-order valence-electron chi connectivity index (χ2n) is 1.67. The second-order valence-corrected chi connectivity index (χ2v) is 1.67. The standard InChI is InChI=1S/C7H14N2/c1-3-4-5-7(6-8)9-2/h3-5,9H,6,8H2,1-2H3/b4-3-,7-5-. The first-order valence-electron chi connectivity index (χ1n) is 3.04. The molecule has 0 rings (SSSR count). The van der Waals surface area contributed by atoms with Gasteiger partial charge in [-0.3, -0.25) is 0 Å². The molecule has 0 atom stereocenters. The highest BCUT2D eigenvalue weighted by Gasteiger charge is 1.82. The van der Waals surface area contributed by atoms with E-state index >= 15 is 0 Å². The van der Waals surface area contributed by atoms with Gasteiger partial charge in [0.25, 0.3) is 0 Å². The van der Waals surface area contributed by atoms with Gasteiger partial charge in [0.1, 0.15) is 0 Å². The molecule has 0 spiro atoms. The molecule has 2 nitrogen and oxygen atoms in total. The molecule has 0 aliphatic carbocycles. The van der Waals surface area contributed by atoms with Crippen molar-refractivity contribution in [3.05, 3.63) is 23.9 Å². The number of nitrogens with one attached hydrogen (secondary N) is 1. The molecule has 0 fully saturated rings. The highest BCUT2D eigenvalue weighted by Crippen LogP contribution is 1.83. The SMILES string of the molecule is C/C=C\C=C(\CN)NC. The van der Waals surface area contributed by atoms with Crippen LogP contribution in [0.1, 0.15) is 6.92 Å². The highest BCUT2D eigenvalue weighted by atomic mass is 14.9. The zero-order valence-electron chi connectivity index (χ0n) is 6.02. The van der Waals surface area contributed by atoms with Crippen molar-refractivity contribution in [2.75, 3.05) is 13.6 Å². The molecule has 0 saturated heterocycles. The van der Waals surface area contributed by atoms with Crippen LogP contribution in [0.2, 0.25) is 0 Å². The minimum atomic E-state index is 0.570. The van der Waals surface area contributed by atoms with E-state index in [1.165, 1.54) is 0 Å². The van der Waals surface area contributed by atoms with E-state index in [9.17, 15) is 0 Å². The van der Waals surface area contributed by atoms with Crippen molar-refractivity contribution in [2.45, 2.75) is 6.92 Å². The molecule has 0 aliphatic heterocycles. The lowest BCUT2D eigenvalue weighted by atomic mass is 10.4. The summed E-state index contributed by atoms with van der Waals surface area (Å²) in [5.74, 6) is 0. The Hall–Kier alpha value is -0.760. The summed E-state index contributed by atoms with van der Waals surface area (Å²) in [6.07, 6.45) is 5.88. The number of nitrogens with two attached hydrogens (primary N) is 1. The van der Waals surface area contributed by atoms with Crippen molar-refractivity contribution in [1.82, 2.24) is 5.32 Å². The third-order valence-electron chi connectivity index (χ3n) is 1.03. The third kappa shape index (κ3) is 3.79. The summed E-state index contributed by atoms with van der Waals surface area (Å²) in [4.78, 5) is 0. The number of rotatable bonds is 3. The lowest BCUT2D eigenvalue weighted by Gasteiger charge is -1.98. The molecule has 2 heteroatoms. The number of likely N-dealkylation sites (N-methyl/N-ethyl adjacent to an activating group) is 1. The summed E-state index contributed by atoms with van der Waals surface area (Å²) >= 11 is 0. The van der Waals surface area contributed by atoms with Crippen LogP contribution in [0.15, 0.2) is 23.9 Å². The van der Waals surface area contributed by atoms with Gasteiger partial charge in [-0.2, -0.15) is 0 Å². The molecule has 3 N–H and O–H groups in total. The van der Waals surface area contributed by atoms with Crippen molar-refractivity contribution < 1.29 is 0 Å². The molecule has 0 aromatic heterocycles. The van der Waals surface area contributed by atoms with Gasteiger partial charge in [0.2, 0.25) is 0 Å². The Bertz CT molecular complexity index is 108. The number of hydrogen-bond acceptors (Lipinski definition) is 2. The Morgan fingerprint density at radius 3 is 2.67 bits per heavy atom. The molecule has 0 aromatic carbocycles. The van der Waals surface area contributed by atoms with E-state index in [0.717, 1.165) is 5.70 Å². The molecular formula is C7H14N2. The Labute approximate surface area is 56.4 Å². The average Bonchev–Trinajstić information content (AvgIpc) is 1.91. The lowest BCUT2D eigenvalue weighted by molar-refractivity contribution is 0.927. The van der Waals surface area contributed by atoms with Gasteiger partial charge in [-0.05, 0) is 13.0 Å². The van der Waals surface area contributed by atoms with E-state index in [1.54, 1.807) is 0 Å². The second kappa shape index (κ2) is 5.38. The van der Waals surface area contributed by atoms with Crippen LogP contribution in [-0.2, 0) is 0 Å². The van der Waals surface area contributed by atoms with Gasteiger partial charge in [0.05, 0.1) is 0 Å². The maximum absolute atomic E-state index is 5.36. The van der Waals surface area contributed by atoms with E-state index in [1.807, 2.05) is 32.2 Å². The fourth-order valence-corrected chi connectivity index (χ4v) is 0.466. The van der Waals surface area contributed by atoms with Gasteiger partial charge in [-0.1, -0.05) is 12.2 Å². The van der Waals surface area contributed by atoms with Gasteiger partial charge in [-0.25, -0.2) is 0 Å².